The van der Waals surface area contributed by atoms with Gasteiger partial charge < -0.3 is 5.32 Å². The lowest BCUT2D eigenvalue weighted by Gasteiger charge is -2.05. The third-order valence-electron chi connectivity index (χ3n) is 2.57. The molecule has 0 unspecified atom stereocenters. The van der Waals surface area contributed by atoms with E-state index < -0.39 is 10.0 Å². The highest BCUT2D eigenvalue weighted by atomic mass is 32.2. The van der Waals surface area contributed by atoms with E-state index in [1.807, 2.05) is 6.92 Å². The van der Waals surface area contributed by atoms with Crippen molar-refractivity contribution in [3.05, 3.63) is 0 Å². The van der Waals surface area contributed by atoms with Crippen molar-refractivity contribution in [1.29, 1.82) is 0 Å². The molecule has 0 aromatic carbocycles. The molecule has 88 valence electrons. The molecular weight excluding hydrogens is 216 g/mol. The highest BCUT2D eigenvalue weighted by molar-refractivity contribution is 7.89. The van der Waals surface area contributed by atoms with E-state index in [1.165, 1.54) is 0 Å². The van der Waals surface area contributed by atoms with Crippen molar-refractivity contribution in [3.8, 4) is 0 Å². The Kier molecular flexibility index (Phi) is 4.10. The fraction of sp³-hybridized carbons (Fsp3) is 0.889. The van der Waals surface area contributed by atoms with Crippen LogP contribution in [0.15, 0.2) is 0 Å². The van der Waals surface area contributed by atoms with Crippen LogP contribution in [0.2, 0.25) is 0 Å². The van der Waals surface area contributed by atoms with Crippen LogP contribution < -0.4 is 10.0 Å². The van der Waals surface area contributed by atoms with Gasteiger partial charge >= 0.3 is 0 Å². The first-order chi connectivity index (χ1) is 6.96. The summed E-state index contributed by atoms with van der Waals surface area (Å²) in [4.78, 5) is 11.3. The van der Waals surface area contributed by atoms with Crippen molar-refractivity contribution >= 4 is 15.9 Å². The lowest BCUT2D eigenvalue weighted by molar-refractivity contribution is -0.122. The van der Waals surface area contributed by atoms with Gasteiger partial charge in [-0.2, -0.15) is 0 Å². The molecule has 15 heavy (non-hydrogen) atoms. The predicted octanol–water partition coefficient (Wildman–Crippen LogP) is -0.302. The van der Waals surface area contributed by atoms with Gasteiger partial charge in [-0.1, -0.05) is 6.92 Å². The van der Waals surface area contributed by atoms with Crippen LogP contribution in [0.1, 0.15) is 20.3 Å². The predicted molar refractivity (Wildman–Crippen MR) is 57.7 cm³/mol. The maximum atomic E-state index is 11.3. The van der Waals surface area contributed by atoms with E-state index >= 15 is 0 Å². The van der Waals surface area contributed by atoms with Crippen molar-refractivity contribution in [2.24, 2.45) is 11.8 Å². The van der Waals surface area contributed by atoms with Crippen molar-refractivity contribution < 1.29 is 13.2 Å². The molecule has 0 bridgehead atoms. The third kappa shape index (κ3) is 4.17. The lowest BCUT2D eigenvalue weighted by atomic mass is 10.3. The number of amides is 1. The van der Waals surface area contributed by atoms with E-state index in [9.17, 15) is 13.2 Å². The maximum Gasteiger partial charge on any atom is 0.223 e. The van der Waals surface area contributed by atoms with Gasteiger partial charge in [-0.05, 0) is 19.3 Å². The standard InChI is InChI=1S/C9H18N2O3S/c1-3-15(13,14)11-5-4-10-9(12)8-6-7(8)2/h7-8,11H,3-6H2,1-2H3,(H,10,12)/t7-,8+/m0/s1. The molecule has 0 aromatic rings. The Morgan fingerprint density at radius 3 is 2.47 bits per heavy atom. The van der Waals surface area contributed by atoms with Crippen LogP contribution in [-0.2, 0) is 14.8 Å². The molecule has 1 rings (SSSR count). The SMILES string of the molecule is CCS(=O)(=O)NCCNC(=O)[C@@H]1C[C@@H]1C. The van der Waals surface area contributed by atoms with Crippen LogP contribution in [0.5, 0.6) is 0 Å². The molecule has 1 saturated carbocycles. The summed E-state index contributed by atoms with van der Waals surface area (Å²) in [5, 5.41) is 2.71. The van der Waals surface area contributed by atoms with Crippen LogP contribution in [0.3, 0.4) is 0 Å². The number of hydrogen-bond donors (Lipinski definition) is 2. The van der Waals surface area contributed by atoms with Crippen LogP contribution in [-0.4, -0.2) is 33.2 Å². The number of sulfonamides is 1. The van der Waals surface area contributed by atoms with Crippen molar-refractivity contribution in [3.63, 3.8) is 0 Å². The minimum Gasteiger partial charge on any atom is -0.355 e. The molecule has 0 aromatic heterocycles. The van der Waals surface area contributed by atoms with Gasteiger partial charge in [0.2, 0.25) is 15.9 Å². The number of nitrogens with one attached hydrogen (secondary N) is 2. The van der Waals surface area contributed by atoms with Gasteiger partial charge in [-0.25, -0.2) is 13.1 Å². The Hall–Kier alpha value is -0.620. The molecule has 0 aliphatic heterocycles. The summed E-state index contributed by atoms with van der Waals surface area (Å²) in [5.74, 6) is 0.740. The van der Waals surface area contributed by atoms with Crippen LogP contribution in [0.25, 0.3) is 0 Å². The second-order valence-corrected chi connectivity index (χ2v) is 6.00. The average molecular weight is 234 g/mol. The molecule has 0 heterocycles. The molecule has 1 fully saturated rings. The summed E-state index contributed by atoms with van der Waals surface area (Å²) in [5.41, 5.74) is 0. The average Bonchev–Trinajstić information content (AvgIpc) is 2.90. The van der Waals surface area contributed by atoms with E-state index in [4.69, 9.17) is 0 Å². The zero-order chi connectivity index (χ0) is 11.5. The van der Waals surface area contributed by atoms with Gasteiger partial charge in [0.25, 0.3) is 0 Å². The fourth-order valence-corrected chi connectivity index (χ4v) is 1.93. The summed E-state index contributed by atoms with van der Waals surface area (Å²) < 4.78 is 24.4. The molecule has 5 nitrogen and oxygen atoms in total. The number of carbonyl (C=O) groups excluding carboxylic acids is 1. The number of hydrogen-bond acceptors (Lipinski definition) is 3. The van der Waals surface area contributed by atoms with E-state index in [0.29, 0.717) is 12.5 Å². The van der Waals surface area contributed by atoms with E-state index in [0.717, 1.165) is 6.42 Å². The first-order valence-electron chi connectivity index (χ1n) is 5.21. The monoisotopic (exact) mass is 234 g/mol. The molecule has 1 aliphatic carbocycles. The minimum atomic E-state index is -3.13. The molecule has 0 saturated heterocycles. The number of carbonyl (C=O) groups is 1. The summed E-state index contributed by atoms with van der Waals surface area (Å²) in [7, 11) is -3.13. The largest absolute Gasteiger partial charge is 0.355 e. The molecule has 0 radical (unpaired) electrons. The quantitative estimate of drug-likeness (QED) is 0.619. The second kappa shape index (κ2) is 4.94. The first-order valence-corrected chi connectivity index (χ1v) is 6.86. The highest BCUT2D eigenvalue weighted by Crippen LogP contribution is 2.37. The van der Waals surface area contributed by atoms with Gasteiger partial charge in [0.05, 0.1) is 5.75 Å². The summed E-state index contributed by atoms with van der Waals surface area (Å²) >= 11 is 0. The molecule has 1 amide bonds. The van der Waals surface area contributed by atoms with Gasteiger partial charge in [0.15, 0.2) is 0 Å². The Labute approximate surface area is 90.7 Å². The lowest BCUT2D eigenvalue weighted by Crippen LogP contribution is -2.36. The first kappa shape index (κ1) is 12.4. The van der Waals surface area contributed by atoms with Crippen LogP contribution in [0, 0.1) is 11.8 Å². The van der Waals surface area contributed by atoms with Gasteiger partial charge in [-0.3, -0.25) is 4.79 Å². The Morgan fingerprint density at radius 1 is 1.40 bits per heavy atom. The van der Waals surface area contributed by atoms with E-state index in [2.05, 4.69) is 10.0 Å². The third-order valence-corrected chi connectivity index (χ3v) is 3.98. The Balaban J connectivity index is 2.09. The Bertz CT molecular complexity index is 326. The maximum absolute atomic E-state index is 11.3. The highest BCUT2D eigenvalue weighted by Gasteiger charge is 2.38. The summed E-state index contributed by atoms with van der Waals surface area (Å²) in [6.07, 6.45) is 0.951. The molecule has 6 heteroatoms. The Morgan fingerprint density at radius 2 is 2.00 bits per heavy atom. The molecule has 0 spiro atoms. The van der Waals surface area contributed by atoms with Crippen LogP contribution in [0.4, 0.5) is 0 Å². The van der Waals surface area contributed by atoms with E-state index in [1.54, 1.807) is 6.92 Å². The minimum absolute atomic E-state index is 0.0400. The molecule has 2 atom stereocenters. The summed E-state index contributed by atoms with van der Waals surface area (Å²) in [6.45, 7) is 4.24. The summed E-state index contributed by atoms with van der Waals surface area (Å²) in [6, 6.07) is 0. The van der Waals surface area contributed by atoms with Crippen molar-refractivity contribution in [2.75, 3.05) is 18.8 Å². The van der Waals surface area contributed by atoms with E-state index in [-0.39, 0.29) is 24.1 Å². The fourth-order valence-electron chi connectivity index (χ4n) is 1.31. The zero-order valence-corrected chi connectivity index (χ0v) is 9.93. The topological polar surface area (TPSA) is 75.3 Å². The molecular formula is C9H18N2O3S. The van der Waals surface area contributed by atoms with Crippen LogP contribution >= 0.6 is 0 Å². The second-order valence-electron chi connectivity index (χ2n) is 3.91. The zero-order valence-electron chi connectivity index (χ0n) is 9.12. The van der Waals surface area contributed by atoms with Gasteiger partial charge in [0, 0.05) is 19.0 Å². The smallest absolute Gasteiger partial charge is 0.223 e. The van der Waals surface area contributed by atoms with Gasteiger partial charge in [0.1, 0.15) is 0 Å². The number of rotatable bonds is 6. The van der Waals surface area contributed by atoms with Crippen molar-refractivity contribution in [1.82, 2.24) is 10.0 Å². The molecule has 1 aliphatic rings. The normalized spacial score (nSPS) is 24.9. The van der Waals surface area contributed by atoms with Crippen molar-refractivity contribution in [2.45, 2.75) is 20.3 Å². The van der Waals surface area contributed by atoms with Gasteiger partial charge in [-0.15, -0.1) is 0 Å². The molecule has 2 N–H and O–H groups in total.